The molecular formula is C11H14N3+. The minimum atomic E-state index is 0.422. The lowest BCUT2D eigenvalue weighted by Gasteiger charge is -2.20. The molecule has 0 spiro atoms. The molecule has 0 aromatic carbocycles. The van der Waals surface area contributed by atoms with E-state index in [1.54, 1.807) is 0 Å². The molecular weight excluding hydrogens is 174 g/mol. The Morgan fingerprint density at radius 2 is 2.36 bits per heavy atom. The minimum Gasteiger partial charge on any atom is -0.273 e. The van der Waals surface area contributed by atoms with Gasteiger partial charge in [0.1, 0.15) is 18.9 Å². The molecule has 3 aliphatic rings. The Hall–Kier alpha value is -1.38. The fourth-order valence-corrected chi connectivity index (χ4v) is 2.47. The average Bonchev–Trinajstić information content (AvgIpc) is 2.65. The molecule has 3 aliphatic heterocycles. The Bertz CT molecular complexity index is 401. The van der Waals surface area contributed by atoms with Crippen LogP contribution in [-0.4, -0.2) is 40.3 Å². The highest BCUT2D eigenvalue weighted by molar-refractivity contribution is 5.97. The Morgan fingerprint density at radius 3 is 3.21 bits per heavy atom. The van der Waals surface area contributed by atoms with E-state index in [2.05, 4.69) is 41.8 Å². The van der Waals surface area contributed by atoms with Gasteiger partial charge in [0.2, 0.25) is 0 Å². The second-order valence-electron chi connectivity index (χ2n) is 4.13. The van der Waals surface area contributed by atoms with Gasteiger partial charge in [-0.1, -0.05) is 6.08 Å². The zero-order valence-corrected chi connectivity index (χ0v) is 8.51. The Labute approximate surface area is 83.8 Å². The number of aliphatic imine (C=N–C) groups is 1. The molecule has 0 radical (unpaired) electrons. The molecule has 0 aliphatic carbocycles. The maximum atomic E-state index is 4.71. The van der Waals surface area contributed by atoms with E-state index < -0.39 is 0 Å². The van der Waals surface area contributed by atoms with Crippen molar-refractivity contribution in [2.75, 3.05) is 7.05 Å². The number of allylic oxidation sites excluding steroid dienone is 2. The fourth-order valence-electron chi connectivity index (χ4n) is 2.47. The number of likely N-dealkylation sites (N-methyl/N-ethyl adjacent to an activating group) is 1. The SMILES string of the molecule is CC1=[N+](C)C2C(C1)N=C1C=CC=CN12. The Kier molecular flexibility index (Phi) is 1.46. The molecule has 0 bridgehead atoms. The second kappa shape index (κ2) is 2.56. The van der Waals surface area contributed by atoms with Crippen molar-refractivity contribution in [3.05, 3.63) is 24.4 Å². The summed E-state index contributed by atoms with van der Waals surface area (Å²) in [6, 6.07) is 0.433. The quantitative estimate of drug-likeness (QED) is 0.518. The molecule has 0 amide bonds. The summed E-state index contributed by atoms with van der Waals surface area (Å²) in [7, 11) is 2.16. The lowest BCUT2D eigenvalue weighted by molar-refractivity contribution is -0.548. The summed E-state index contributed by atoms with van der Waals surface area (Å²) < 4.78 is 2.34. The van der Waals surface area contributed by atoms with Crippen LogP contribution in [0.2, 0.25) is 0 Å². The molecule has 14 heavy (non-hydrogen) atoms. The van der Waals surface area contributed by atoms with E-state index in [0.29, 0.717) is 12.2 Å². The summed E-state index contributed by atoms with van der Waals surface area (Å²) in [5, 5.41) is 0. The van der Waals surface area contributed by atoms with Gasteiger partial charge in [-0.05, 0) is 12.2 Å². The third kappa shape index (κ3) is 0.870. The molecule has 3 heterocycles. The van der Waals surface area contributed by atoms with Crippen LogP contribution in [0.15, 0.2) is 29.4 Å². The van der Waals surface area contributed by atoms with Crippen LogP contribution in [0.5, 0.6) is 0 Å². The first-order valence-corrected chi connectivity index (χ1v) is 5.03. The van der Waals surface area contributed by atoms with Crippen molar-refractivity contribution in [1.29, 1.82) is 0 Å². The van der Waals surface area contributed by atoms with Crippen molar-refractivity contribution in [1.82, 2.24) is 4.90 Å². The third-order valence-electron chi connectivity index (χ3n) is 3.30. The maximum absolute atomic E-state index is 4.71. The van der Waals surface area contributed by atoms with Crippen molar-refractivity contribution in [3.63, 3.8) is 0 Å². The first-order valence-electron chi connectivity index (χ1n) is 5.03. The van der Waals surface area contributed by atoms with Gasteiger partial charge in [0.05, 0.1) is 6.42 Å². The van der Waals surface area contributed by atoms with Crippen LogP contribution in [0.3, 0.4) is 0 Å². The van der Waals surface area contributed by atoms with Gasteiger partial charge in [0.25, 0.3) is 6.17 Å². The van der Waals surface area contributed by atoms with Crippen molar-refractivity contribution in [2.24, 2.45) is 4.99 Å². The van der Waals surface area contributed by atoms with Gasteiger partial charge in [-0.15, -0.1) is 0 Å². The number of fused-ring (bicyclic) bond motifs is 3. The van der Waals surface area contributed by atoms with E-state index in [1.807, 2.05) is 6.08 Å². The first-order chi connectivity index (χ1) is 6.77. The molecule has 3 rings (SSSR count). The summed E-state index contributed by atoms with van der Waals surface area (Å²) in [4.78, 5) is 6.98. The number of rotatable bonds is 0. The predicted molar refractivity (Wildman–Crippen MR) is 56.6 cm³/mol. The zero-order chi connectivity index (χ0) is 9.71. The first kappa shape index (κ1) is 7.97. The van der Waals surface area contributed by atoms with Crippen LogP contribution in [0, 0.1) is 0 Å². The van der Waals surface area contributed by atoms with Gasteiger partial charge in [-0.3, -0.25) is 9.89 Å². The van der Waals surface area contributed by atoms with E-state index in [1.165, 1.54) is 5.71 Å². The molecule has 0 aromatic rings. The average molecular weight is 188 g/mol. The second-order valence-corrected chi connectivity index (χ2v) is 4.13. The maximum Gasteiger partial charge on any atom is 0.256 e. The van der Waals surface area contributed by atoms with Crippen molar-refractivity contribution in [2.45, 2.75) is 25.6 Å². The molecule has 3 nitrogen and oxygen atoms in total. The summed E-state index contributed by atoms with van der Waals surface area (Å²) in [6.07, 6.45) is 9.85. The van der Waals surface area contributed by atoms with Crippen LogP contribution < -0.4 is 0 Å². The normalized spacial score (nSPS) is 33.6. The van der Waals surface area contributed by atoms with E-state index in [4.69, 9.17) is 4.99 Å². The van der Waals surface area contributed by atoms with Gasteiger partial charge in [0, 0.05) is 13.1 Å². The zero-order valence-electron chi connectivity index (χ0n) is 8.51. The lowest BCUT2D eigenvalue weighted by Crippen LogP contribution is -2.40. The Morgan fingerprint density at radius 1 is 1.50 bits per heavy atom. The number of hydrogen-bond acceptors (Lipinski definition) is 2. The molecule has 0 saturated heterocycles. The highest BCUT2D eigenvalue weighted by atomic mass is 15.4. The van der Waals surface area contributed by atoms with Crippen molar-refractivity contribution >= 4 is 11.5 Å². The molecule has 0 aromatic heterocycles. The smallest absolute Gasteiger partial charge is 0.256 e. The Balaban J connectivity index is 2.02. The molecule has 2 atom stereocenters. The van der Waals surface area contributed by atoms with E-state index >= 15 is 0 Å². The number of hydrogen-bond donors (Lipinski definition) is 0. The van der Waals surface area contributed by atoms with Gasteiger partial charge in [-0.2, -0.15) is 0 Å². The molecule has 3 heteroatoms. The summed E-state index contributed by atoms with van der Waals surface area (Å²) in [6.45, 7) is 2.19. The van der Waals surface area contributed by atoms with Crippen molar-refractivity contribution < 1.29 is 4.58 Å². The monoisotopic (exact) mass is 188 g/mol. The highest BCUT2D eigenvalue weighted by Gasteiger charge is 2.47. The predicted octanol–water partition coefficient (Wildman–Crippen LogP) is 0.986. The van der Waals surface area contributed by atoms with Gasteiger partial charge < -0.3 is 0 Å². The van der Waals surface area contributed by atoms with E-state index in [0.717, 1.165) is 12.3 Å². The number of nitrogens with zero attached hydrogens (tertiary/aromatic N) is 3. The van der Waals surface area contributed by atoms with Gasteiger partial charge in [-0.25, -0.2) is 4.58 Å². The minimum absolute atomic E-state index is 0.422. The van der Waals surface area contributed by atoms with Gasteiger partial charge in [0.15, 0.2) is 5.71 Å². The third-order valence-corrected chi connectivity index (χ3v) is 3.30. The summed E-state index contributed by atoms with van der Waals surface area (Å²) >= 11 is 0. The van der Waals surface area contributed by atoms with E-state index in [9.17, 15) is 0 Å². The molecule has 0 fully saturated rings. The topological polar surface area (TPSA) is 18.6 Å². The largest absolute Gasteiger partial charge is 0.273 e. The van der Waals surface area contributed by atoms with Crippen molar-refractivity contribution in [3.8, 4) is 0 Å². The van der Waals surface area contributed by atoms with Crippen LogP contribution >= 0.6 is 0 Å². The highest BCUT2D eigenvalue weighted by Crippen LogP contribution is 2.28. The number of amidine groups is 1. The van der Waals surface area contributed by atoms with Crippen LogP contribution in [0.25, 0.3) is 0 Å². The van der Waals surface area contributed by atoms with Crippen LogP contribution in [0.1, 0.15) is 13.3 Å². The molecule has 72 valence electrons. The van der Waals surface area contributed by atoms with E-state index in [-0.39, 0.29) is 0 Å². The summed E-state index contributed by atoms with van der Waals surface area (Å²) in [5.74, 6) is 1.11. The lowest BCUT2D eigenvalue weighted by atomic mass is 10.2. The van der Waals surface area contributed by atoms with Gasteiger partial charge >= 0.3 is 0 Å². The molecule has 0 saturated carbocycles. The standard InChI is InChI=1S/C11H14N3/c1-8-7-9-11(13(8)2)14-6-4-3-5-10(14)12-9/h3-6,9,11H,7H2,1-2H3/q+1. The fraction of sp³-hybridized carbons (Fsp3) is 0.455. The molecule has 2 unspecified atom stereocenters. The van der Waals surface area contributed by atoms with Crippen LogP contribution in [0.4, 0.5) is 0 Å². The van der Waals surface area contributed by atoms with Crippen LogP contribution in [-0.2, 0) is 0 Å². The molecule has 0 N–H and O–H groups in total. The summed E-state index contributed by atoms with van der Waals surface area (Å²) in [5.41, 5.74) is 1.44.